The molecule has 9 nitrogen and oxygen atoms in total. The Morgan fingerprint density at radius 1 is 0.750 bits per heavy atom. The van der Waals surface area contributed by atoms with Crippen LogP contribution in [0, 0.1) is 11.8 Å². The molecule has 204 valence electrons. The van der Waals surface area contributed by atoms with E-state index in [0.717, 1.165) is 5.56 Å². The van der Waals surface area contributed by atoms with Crippen molar-refractivity contribution in [2.75, 3.05) is 0 Å². The summed E-state index contributed by atoms with van der Waals surface area (Å²) in [5.74, 6) is -1.25. The average Bonchev–Trinajstić information content (AvgIpc) is 2.68. The summed E-state index contributed by atoms with van der Waals surface area (Å²) >= 11 is 0. The molecule has 0 saturated carbocycles. The Kier molecular flexibility index (Phi) is 13.2. The van der Waals surface area contributed by atoms with Crippen molar-refractivity contribution < 1.29 is 33.8 Å². The van der Waals surface area contributed by atoms with Crippen LogP contribution >= 0.6 is 0 Å². The molecule has 0 bridgehead atoms. The molecule has 1 aromatic rings. The Bertz CT molecular complexity index is 853. The van der Waals surface area contributed by atoms with Gasteiger partial charge in [0.25, 0.3) is 0 Å². The lowest BCUT2D eigenvalue weighted by Crippen LogP contribution is -2.46. The summed E-state index contributed by atoms with van der Waals surface area (Å²) in [7, 11) is 0. The number of benzene rings is 1. The summed E-state index contributed by atoms with van der Waals surface area (Å²) in [4.78, 5) is 46.3. The fourth-order valence-electron chi connectivity index (χ4n) is 2.91. The van der Waals surface area contributed by atoms with Gasteiger partial charge >= 0.3 is 18.2 Å². The van der Waals surface area contributed by atoms with Crippen molar-refractivity contribution in [1.29, 1.82) is 0 Å². The quantitative estimate of drug-likeness (QED) is 0.452. The highest BCUT2D eigenvalue weighted by atomic mass is 16.6. The van der Waals surface area contributed by atoms with E-state index in [1.807, 2.05) is 44.2 Å². The van der Waals surface area contributed by atoms with Gasteiger partial charge in [-0.3, -0.25) is 4.79 Å². The molecule has 1 aromatic carbocycles. The van der Waals surface area contributed by atoms with Crippen LogP contribution in [0.3, 0.4) is 0 Å². The molecule has 0 aliphatic rings. The van der Waals surface area contributed by atoms with Crippen molar-refractivity contribution in [3.8, 4) is 0 Å². The molecule has 0 radical (unpaired) electrons. The number of ketones is 1. The maximum absolute atomic E-state index is 12.4. The van der Waals surface area contributed by atoms with Crippen molar-refractivity contribution >= 4 is 23.9 Å². The number of amides is 2. The number of carboxylic acids is 1. The molecule has 3 N–H and O–H groups in total. The Labute approximate surface area is 215 Å². The number of carbonyl (C=O) groups is 4. The van der Waals surface area contributed by atoms with Crippen molar-refractivity contribution in [2.45, 2.75) is 98.9 Å². The lowest BCUT2D eigenvalue weighted by atomic mass is 9.95. The Balaban J connectivity index is 0.000000723. The van der Waals surface area contributed by atoms with Crippen molar-refractivity contribution in [2.24, 2.45) is 11.8 Å². The van der Waals surface area contributed by atoms with Gasteiger partial charge in [-0.2, -0.15) is 0 Å². The number of hydrogen-bond acceptors (Lipinski definition) is 6. The van der Waals surface area contributed by atoms with Gasteiger partial charge in [-0.25, -0.2) is 14.4 Å². The number of nitrogens with one attached hydrogen (secondary N) is 2. The zero-order chi connectivity index (χ0) is 28.3. The zero-order valence-electron chi connectivity index (χ0n) is 23.3. The lowest BCUT2D eigenvalue weighted by molar-refractivity contribution is -0.140. The summed E-state index contributed by atoms with van der Waals surface area (Å²) in [6.45, 7) is 17.8. The zero-order valence-corrected chi connectivity index (χ0v) is 23.3. The van der Waals surface area contributed by atoms with Crippen LogP contribution in [-0.4, -0.2) is 52.3 Å². The van der Waals surface area contributed by atoms with Gasteiger partial charge in [-0.05, 0) is 58.9 Å². The third kappa shape index (κ3) is 15.0. The Hall–Kier alpha value is -3.10. The van der Waals surface area contributed by atoms with Crippen LogP contribution in [-0.2, 0) is 25.5 Å². The number of Topliss-reactive ketones (excluding diaryl/α,β-unsaturated/α-hetero) is 1. The van der Waals surface area contributed by atoms with Crippen LogP contribution < -0.4 is 10.6 Å². The van der Waals surface area contributed by atoms with Crippen LogP contribution in [0.25, 0.3) is 0 Å². The van der Waals surface area contributed by atoms with Crippen LogP contribution in [0.2, 0.25) is 0 Å². The molecule has 0 fully saturated rings. The summed E-state index contributed by atoms with van der Waals surface area (Å²) in [5.41, 5.74) is -0.253. The molecule has 0 saturated heterocycles. The van der Waals surface area contributed by atoms with Gasteiger partial charge < -0.3 is 25.2 Å². The first kappa shape index (κ1) is 32.9. The lowest BCUT2D eigenvalue weighted by Gasteiger charge is -2.25. The van der Waals surface area contributed by atoms with Crippen LogP contribution in [0.5, 0.6) is 0 Å². The van der Waals surface area contributed by atoms with E-state index in [4.69, 9.17) is 14.6 Å². The van der Waals surface area contributed by atoms with Gasteiger partial charge in [-0.15, -0.1) is 0 Å². The highest BCUT2D eigenvalue weighted by Crippen LogP contribution is 2.12. The van der Waals surface area contributed by atoms with E-state index in [0.29, 0.717) is 6.42 Å². The second-order valence-electron chi connectivity index (χ2n) is 11.2. The minimum absolute atomic E-state index is 0.00808. The number of carbonyl (C=O) groups excluding carboxylic acids is 3. The predicted octanol–water partition coefficient (Wildman–Crippen LogP) is 4.97. The van der Waals surface area contributed by atoms with Gasteiger partial charge in [0, 0.05) is 6.42 Å². The van der Waals surface area contributed by atoms with Crippen molar-refractivity contribution in [3.05, 3.63) is 35.9 Å². The standard InChI is InChI=1S/C17H25NO3.C10H19NO4/c1-12(2)15(18-16(20)21-17(3,4)5)14(19)11-13-9-7-6-8-10-13;1-6(2)7(8(12)13)11-9(14)15-10(3,4)5/h6-10,12,15H,11H2,1-5H3,(H,18,20);6-7H,1-5H3,(H,11,14)(H,12,13)/t15-;7-/m00/s1. The number of rotatable bonds is 8. The van der Waals surface area contributed by atoms with Crippen molar-refractivity contribution in [1.82, 2.24) is 10.6 Å². The molecular formula is C27H44N2O7. The molecule has 0 aliphatic heterocycles. The van der Waals surface area contributed by atoms with Gasteiger partial charge in [0.2, 0.25) is 0 Å². The molecule has 1 rings (SSSR count). The van der Waals surface area contributed by atoms with Gasteiger partial charge in [-0.1, -0.05) is 58.0 Å². The van der Waals surface area contributed by atoms with E-state index in [-0.39, 0.29) is 17.6 Å². The minimum atomic E-state index is -1.06. The maximum atomic E-state index is 12.4. The van der Waals surface area contributed by atoms with Crippen molar-refractivity contribution in [3.63, 3.8) is 0 Å². The molecule has 36 heavy (non-hydrogen) atoms. The third-order valence-corrected chi connectivity index (χ3v) is 4.51. The fraction of sp³-hybridized carbons (Fsp3) is 0.630. The normalized spacial score (nSPS) is 13.1. The summed E-state index contributed by atoms with van der Waals surface area (Å²) in [6.07, 6.45) is -0.953. The van der Waals surface area contributed by atoms with Gasteiger partial charge in [0.05, 0.1) is 6.04 Å². The van der Waals surface area contributed by atoms with Crippen LogP contribution in [0.4, 0.5) is 9.59 Å². The van der Waals surface area contributed by atoms with E-state index in [1.54, 1.807) is 55.4 Å². The number of carboxylic acid groups (broad SMARTS) is 1. The number of alkyl carbamates (subject to hydrolysis) is 2. The molecule has 2 amide bonds. The molecule has 2 atom stereocenters. The fourth-order valence-corrected chi connectivity index (χ4v) is 2.91. The maximum Gasteiger partial charge on any atom is 0.408 e. The highest BCUT2D eigenvalue weighted by Gasteiger charge is 2.27. The summed E-state index contributed by atoms with van der Waals surface area (Å²) < 4.78 is 10.2. The predicted molar refractivity (Wildman–Crippen MR) is 139 cm³/mol. The van der Waals surface area contributed by atoms with E-state index < -0.39 is 41.4 Å². The second-order valence-corrected chi connectivity index (χ2v) is 11.2. The molecule has 0 aliphatic carbocycles. The van der Waals surface area contributed by atoms with Crippen LogP contribution in [0.1, 0.15) is 74.8 Å². The molecule has 9 heteroatoms. The number of aliphatic carboxylic acids is 1. The molecule has 0 spiro atoms. The van der Waals surface area contributed by atoms with Gasteiger partial charge in [0.1, 0.15) is 17.2 Å². The highest BCUT2D eigenvalue weighted by molar-refractivity contribution is 5.89. The minimum Gasteiger partial charge on any atom is -0.480 e. The number of hydrogen-bond donors (Lipinski definition) is 3. The molecule has 0 unspecified atom stereocenters. The van der Waals surface area contributed by atoms with E-state index >= 15 is 0 Å². The average molecular weight is 509 g/mol. The molecule has 0 heterocycles. The first-order valence-corrected chi connectivity index (χ1v) is 12.1. The van der Waals surface area contributed by atoms with E-state index in [1.165, 1.54) is 0 Å². The van der Waals surface area contributed by atoms with E-state index in [2.05, 4.69) is 10.6 Å². The topological polar surface area (TPSA) is 131 Å². The second kappa shape index (κ2) is 14.5. The first-order valence-electron chi connectivity index (χ1n) is 12.1. The Morgan fingerprint density at radius 2 is 1.14 bits per heavy atom. The first-order chi connectivity index (χ1) is 16.3. The summed E-state index contributed by atoms with van der Waals surface area (Å²) in [6, 6.07) is 8.06. The number of ether oxygens (including phenoxy) is 2. The Morgan fingerprint density at radius 3 is 1.47 bits per heavy atom. The summed E-state index contributed by atoms with van der Waals surface area (Å²) in [5, 5.41) is 13.8. The van der Waals surface area contributed by atoms with E-state index in [9.17, 15) is 19.2 Å². The largest absolute Gasteiger partial charge is 0.480 e. The third-order valence-electron chi connectivity index (χ3n) is 4.51. The molecule has 0 aromatic heterocycles. The monoisotopic (exact) mass is 508 g/mol. The smallest absolute Gasteiger partial charge is 0.408 e. The SMILES string of the molecule is CC(C)[C@H](NC(=O)OC(C)(C)C)C(=O)Cc1ccccc1.CC(C)[C@H](NC(=O)OC(C)(C)C)C(=O)O. The molecular weight excluding hydrogens is 464 g/mol. The van der Waals surface area contributed by atoms with Crippen LogP contribution in [0.15, 0.2) is 30.3 Å². The van der Waals surface area contributed by atoms with Gasteiger partial charge in [0.15, 0.2) is 5.78 Å².